The van der Waals surface area contributed by atoms with Crippen molar-refractivity contribution in [2.75, 3.05) is 7.11 Å². The third kappa shape index (κ3) is 2.51. The number of halogens is 1. The van der Waals surface area contributed by atoms with Crippen molar-refractivity contribution in [3.8, 4) is 5.75 Å². The second-order valence-corrected chi connectivity index (χ2v) is 4.28. The van der Waals surface area contributed by atoms with Gasteiger partial charge in [-0.05, 0) is 30.7 Å². The van der Waals surface area contributed by atoms with Crippen LogP contribution in [0, 0.1) is 12.7 Å². The summed E-state index contributed by atoms with van der Waals surface area (Å²) in [5.74, 6) is 0.437. The predicted octanol–water partition coefficient (Wildman–Crippen LogP) is 3.19. The third-order valence-electron chi connectivity index (χ3n) is 2.93. The smallest absolute Gasteiger partial charge is 0.123 e. The average molecular weight is 245 g/mol. The minimum atomic E-state index is -0.393. The maximum Gasteiger partial charge on any atom is 0.123 e. The molecule has 0 aliphatic rings. The first-order valence-electron chi connectivity index (χ1n) is 5.77. The van der Waals surface area contributed by atoms with E-state index in [0.29, 0.717) is 0 Å². The van der Waals surface area contributed by atoms with Crippen molar-refractivity contribution in [2.24, 2.45) is 5.73 Å². The van der Waals surface area contributed by atoms with Gasteiger partial charge in [-0.3, -0.25) is 0 Å². The Morgan fingerprint density at radius 2 is 1.94 bits per heavy atom. The molecule has 0 aliphatic carbocycles. The van der Waals surface area contributed by atoms with Gasteiger partial charge in [-0.25, -0.2) is 4.39 Å². The van der Waals surface area contributed by atoms with Crippen molar-refractivity contribution < 1.29 is 9.13 Å². The van der Waals surface area contributed by atoms with E-state index in [1.54, 1.807) is 13.2 Å². The lowest BCUT2D eigenvalue weighted by atomic mass is 9.97. The Labute approximate surface area is 106 Å². The lowest BCUT2D eigenvalue weighted by Gasteiger charge is -2.17. The highest BCUT2D eigenvalue weighted by molar-refractivity contribution is 5.43. The third-order valence-corrected chi connectivity index (χ3v) is 2.93. The minimum absolute atomic E-state index is 0.283. The molecule has 18 heavy (non-hydrogen) atoms. The van der Waals surface area contributed by atoms with Crippen molar-refractivity contribution in [3.63, 3.8) is 0 Å². The summed E-state index contributed by atoms with van der Waals surface area (Å²) in [7, 11) is 1.60. The van der Waals surface area contributed by atoms with Crippen molar-refractivity contribution in [1.29, 1.82) is 0 Å². The van der Waals surface area contributed by atoms with E-state index < -0.39 is 6.04 Å². The molecule has 1 atom stereocenters. The summed E-state index contributed by atoms with van der Waals surface area (Å²) in [6.07, 6.45) is 0. The molecule has 2 aromatic carbocycles. The van der Waals surface area contributed by atoms with Crippen molar-refractivity contribution in [1.82, 2.24) is 0 Å². The van der Waals surface area contributed by atoms with Gasteiger partial charge >= 0.3 is 0 Å². The van der Waals surface area contributed by atoms with E-state index in [0.717, 1.165) is 22.4 Å². The fraction of sp³-hybridized carbons (Fsp3) is 0.200. The van der Waals surface area contributed by atoms with E-state index in [-0.39, 0.29) is 5.82 Å². The molecule has 0 aromatic heterocycles. The van der Waals surface area contributed by atoms with Crippen LogP contribution < -0.4 is 10.5 Å². The molecule has 2 N–H and O–H groups in total. The number of hydrogen-bond acceptors (Lipinski definition) is 2. The van der Waals surface area contributed by atoms with E-state index in [2.05, 4.69) is 0 Å². The summed E-state index contributed by atoms with van der Waals surface area (Å²) in [4.78, 5) is 0. The SMILES string of the molecule is COc1ccc(C)cc1C(N)c1cccc(F)c1. The van der Waals surface area contributed by atoms with Crippen LogP contribution in [0.15, 0.2) is 42.5 Å². The Morgan fingerprint density at radius 3 is 2.61 bits per heavy atom. The second kappa shape index (κ2) is 5.19. The van der Waals surface area contributed by atoms with Gasteiger partial charge < -0.3 is 10.5 Å². The predicted molar refractivity (Wildman–Crippen MR) is 70.2 cm³/mol. The summed E-state index contributed by atoms with van der Waals surface area (Å²) >= 11 is 0. The van der Waals surface area contributed by atoms with Crippen LogP contribution in [-0.2, 0) is 0 Å². The summed E-state index contributed by atoms with van der Waals surface area (Å²) < 4.78 is 18.5. The number of rotatable bonds is 3. The normalized spacial score (nSPS) is 12.2. The number of nitrogens with two attached hydrogens (primary N) is 1. The summed E-state index contributed by atoms with van der Waals surface area (Å²) in [6.45, 7) is 1.99. The standard InChI is InChI=1S/C15H16FNO/c1-10-6-7-14(18-2)13(8-10)15(17)11-4-3-5-12(16)9-11/h3-9,15H,17H2,1-2H3. The molecule has 94 valence electrons. The first kappa shape index (κ1) is 12.6. The van der Waals surface area contributed by atoms with E-state index in [4.69, 9.17) is 10.5 Å². The van der Waals surface area contributed by atoms with Gasteiger partial charge in [-0.2, -0.15) is 0 Å². The first-order valence-corrected chi connectivity index (χ1v) is 5.77. The molecule has 0 heterocycles. The Balaban J connectivity index is 2.44. The molecule has 0 bridgehead atoms. The molecule has 0 fully saturated rings. The average Bonchev–Trinajstić information content (AvgIpc) is 2.38. The highest BCUT2D eigenvalue weighted by Gasteiger charge is 2.14. The Morgan fingerprint density at radius 1 is 1.17 bits per heavy atom. The fourth-order valence-corrected chi connectivity index (χ4v) is 1.98. The van der Waals surface area contributed by atoms with Gasteiger partial charge in [0.15, 0.2) is 0 Å². The minimum Gasteiger partial charge on any atom is -0.496 e. The van der Waals surface area contributed by atoms with Gasteiger partial charge in [-0.15, -0.1) is 0 Å². The molecular formula is C15H16FNO. The van der Waals surface area contributed by atoms with Crippen LogP contribution in [0.2, 0.25) is 0 Å². The maximum absolute atomic E-state index is 13.2. The van der Waals surface area contributed by atoms with Crippen molar-refractivity contribution in [3.05, 3.63) is 65.0 Å². The quantitative estimate of drug-likeness (QED) is 0.901. The number of aryl methyl sites for hydroxylation is 1. The Kier molecular flexibility index (Phi) is 3.63. The first-order chi connectivity index (χ1) is 8.61. The zero-order chi connectivity index (χ0) is 13.1. The van der Waals surface area contributed by atoms with E-state index in [1.807, 2.05) is 31.2 Å². The van der Waals surface area contributed by atoms with Crippen LogP contribution in [0.5, 0.6) is 5.75 Å². The van der Waals surface area contributed by atoms with Crippen molar-refractivity contribution in [2.45, 2.75) is 13.0 Å². The van der Waals surface area contributed by atoms with Gasteiger partial charge in [0.05, 0.1) is 13.2 Å². The molecule has 0 spiro atoms. The zero-order valence-corrected chi connectivity index (χ0v) is 10.5. The van der Waals surface area contributed by atoms with Gasteiger partial charge in [-0.1, -0.05) is 29.8 Å². The van der Waals surface area contributed by atoms with E-state index >= 15 is 0 Å². The molecule has 0 amide bonds. The summed E-state index contributed by atoms with van der Waals surface area (Å²) in [5.41, 5.74) is 8.88. The van der Waals surface area contributed by atoms with E-state index in [1.165, 1.54) is 12.1 Å². The van der Waals surface area contributed by atoms with Crippen LogP contribution in [0.4, 0.5) is 4.39 Å². The van der Waals surface area contributed by atoms with Crippen LogP contribution in [0.1, 0.15) is 22.7 Å². The Hall–Kier alpha value is -1.87. The van der Waals surface area contributed by atoms with Crippen molar-refractivity contribution >= 4 is 0 Å². The molecule has 0 aliphatic heterocycles. The molecule has 2 rings (SSSR count). The van der Waals surface area contributed by atoms with E-state index in [9.17, 15) is 4.39 Å². The topological polar surface area (TPSA) is 35.2 Å². The summed E-state index contributed by atoms with van der Waals surface area (Å²) in [5, 5.41) is 0. The zero-order valence-electron chi connectivity index (χ0n) is 10.5. The largest absolute Gasteiger partial charge is 0.496 e. The molecule has 2 aromatic rings. The molecule has 0 saturated heterocycles. The van der Waals surface area contributed by atoms with Crippen LogP contribution in [-0.4, -0.2) is 7.11 Å². The van der Waals surface area contributed by atoms with Crippen LogP contribution in [0.3, 0.4) is 0 Å². The Bertz CT molecular complexity index is 554. The molecule has 2 nitrogen and oxygen atoms in total. The maximum atomic E-state index is 13.2. The molecule has 3 heteroatoms. The monoisotopic (exact) mass is 245 g/mol. The lowest BCUT2D eigenvalue weighted by molar-refractivity contribution is 0.407. The van der Waals surface area contributed by atoms with Crippen LogP contribution in [0.25, 0.3) is 0 Å². The lowest BCUT2D eigenvalue weighted by Crippen LogP contribution is -2.13. The van der Waals surface area contributed by atoms with Gasteiger partial charge in [0, 0.05) is 5.56 Å². The van der Waals surface area contributed by atoms with Crippen LogP contribution >= 0.6 is 0 Å². The molecular weight excluding hydrogens is 229 g/mol. The molecule has 0 saturated carbocycles. The number of benzene rings is 2. The molecule has 1 unspecified atom stereocenters. The summed E-state index contributed by atoms with van der Waals surface area (Å²) in [6, 6.07) is 11.7. The van der Waals surface area contributed by atoms with Gasteiger partial charge in [0.25, 0.3) is 0 Å². The number of hydrogen-bond donors (Lipinski definition) is 1. The van der Waals surface area contributed by atoms with Gasteiger partial charge in [0.1, 0.15) is 11.6 Å². The highest BCUT2D eigenvalue weighted by atomic mass is 19.1. The van der Waals surface area contributed by atoms with Gasteiger partial charge in [0.2, 0.25) is 0 Å². The number of methoxy groups -OCH3 is 1. The highest BCUT2D eigenvalue weighted by Crippen LogP contribution is 2.29. The second-order valence-electron chi connectivity index (χ2n) is 4.28. The fourth-order valence-electron chi connectivity index (χ4n) is 1.98. The molecule has 0 radical (unpaired) electrons. The number of ether oxygens (including phenoxy) is 1.